The van der Waals surface area contributed by atoms with Gasteiger partial charge in [0, 0.05) is 12.2 Å². The molecule has 2 N–H and O–H groups in total. The fourth-order valence-corrected chi connectivity index (χ4v) is 1.39. The topological polar surface area (TPSA) is 35.2 Å². The van der Waals surface area contributed by atoms with E-state index in [2.05, 4.69) is 0 Å². The minimum absolute atomic E-state index is 0.281. The number of ether oxygens (including phenoxy) is 1. The summed E-state index contributed by atoms with van der Waals surface area (Å²) in [6.07, 6.45) is 0.643. The second-order valence-electron chi connectivity index (χ2n) is 3.66. The number of benzene rings is 1. The first-order valence-electron chi connectivity index (χ1n) is 5.26. The Bertz CT molecular complexity index is 409. The molecule has 1 unspecified atom stereocenters. The molecule has 0 spiro atoms. The molecule has 7 heteroatoms. The zero-order valence-electron chi connectivity index (χ0n) is 9.57. The van der Waals surface area contributed by atoms with Gasteiger partial charge in [0.05, 0.1) is 12.6 Å². The quantitative estimate of drug-likeness (QED) is 0.386. The van der Waals surface area contributed by atoms with E-state index in [9.17, 15) is 22.0 Å². The average Bonchev–Trinajstić information content (AvgIpc) is 2.34. The highest BCUT2D eigenvalue weighted by Crippen LogP contribution is 2.26. The lowest BCUT2D eigenvalue weighted by Crippen LogP contribution is -2.22. The van der Waals surface area contributed by atoms with Gasteiger partial charge in [0.15, 0.2) is 23.3 Å². The van der Waals surface area contributed by atoms with Crippen LogP contribution in [0.1, 0.15) is 24.9 Å². The lowest BCUT2D eigenvalue weighted by molar-refractivity contribution is 0.119. The highest BCUT2D eigenvalue weighted by molar-refractivity contribution is 5.26. The first kappa shape index (κ1) is 14.8. The smallest absolute Gasteiger partial charge is 0.200 e. The van der Waals surface area contributed by atoms with Crippen LogP contribution in [0.2, 0.25) is 0 Å². The second-order valence-corrected chi connectivity index (χ2v) is 3.66. The molecule has 0 amide bonds. The summed E-state index contributed by atoms with van der Waals surface area (Å²) in [5.74, 6) is -10.0. The Morgan fingerprint density at radius 1 is 0.944 bits per heavy atom. The first-order chi connectivity index (χ1) is 8.41. The molecule has 0 bridgehead atoms. The summed E-state index contributed by atoms with van der Waals surface area (Å²) in [5.41, 5.74) is 4.31. The van der Waals surface area contributed by atoms with E-state index >= 15 is 0 Å². The first-order valence-corrected chi connectivity index (χ1v) is 5.26. The van der Waals surface area contributed by atoms with E-state index in [-0.39, 0.29) is 13.2 Å². The van der Waals surface area contributed by atoms with Crippen LogP contribution < -0.4 is 5.73 Å². The Labute approximate surface area is 101 Å². The van der Waals surface area contributed by atoms with Crippen molar-refractivity contribution in [3.63, 3.8) is 0 Å². The number of halogens is 5. The number of hydrogen-bond donors (Lipinski definition) is 1. The van der Waals surface area contributed by atoms with E-state index in [0.717, 1.165) is 0 Å². The standard InChI is InChI=1S/C11H12F5NO/c1-2-3-18-4-5(17)6-7(12)9(14)11(16)10(15)8(6)13/h5H,2-4,17H2,1H3. The summed E-state index contributed by atoms with van der Waals surface area (Å²) in [5, 5.41) is 0. The van der Waals surface area contributed by atoms with Crippen LogP contribution in [-0.4, -0.2) is 13.2 Å². The van der Waals surface area contributed by atoms with Gasteiger partial charge in [0.2, 0.25) is 5.82 Å². The molecule has 0 aliphatic heterocycles. The third kappa shape index (κ3) is 2.78. The maximum absolute atomic E-state index is 13.3. The lowest BCUT2D eigenvalue weighted by atomic mass is 10.1. The van der Waals surface area contributed by atoms with Crippen molar-refractivity contribution in [3.05, 3.63) is 34.6 Å². The minimum Gasteiger partial charge on any atom is -0.379 e. The van der Waals surface area contributed by atoms with Gasteiger partial charge < -0.3 is 10.5 Å². The zero-order valence-corrected chi connectivity index (χ0v) is 9.57. The summed E-state index contributed by atoms with van der Waals surface area (Å²) in [7, 11) is 0. The highest BCUT2D eigenvalue weighted by Gasteiger charge is 2.28. The number of hydrogen-bond acceptors (Lipinski definition) is 2. The summed E-state index contributed by atoms with van der Waals surface area (Å²) < 4.78 is 70.1. The molecule has 0 aliphatic carbocycles. The third-order valence-corrected chi connectivity index (χ3v) is 2.26. The fourth-order valence-electron chi connectivity index (χ4n) is 1.39. The summed E-state index contributed by atoms with van der Waals surface area (Å²) >= 11 is 0. The average molecular weight is 269 g/mol. The minimum atomic E-state index is -2.20. The maximum atomic E-state index is 13.3. The molecule has 1 aromatic carbocycles. The maximum Gasteiger partial charge on any atom is 0.200 e. The van der Waals surface area contributed by atoms with E-state index in [4.69, 9.17) is 10.5 Å². The molecule has 18 heavy (non-hydrogen) atoms. The van der Waals surface area contributed by atoms with Crippen molar-refractivity contribution >= 4 is 0 Å². The van der Waals surface area contributed by atoms with Crippen LogP contribution in [0.25, 0.3) is 0 Å². The number of rotatable bonds is 5. The van der Waals surface area contributed by atoms with E-state index in [1.54, 1.807) is 6.92 Å². The Morgan fingerprint density at radius 2 is 1.39 bits per heavy atom. The van der Waals surface area contributed by atoms with Gasteiger partial charge in [-0.15, -0.1) is 0 Å². The van der Waals surface area contributed by atoms with Gasteiger partial charge in [-0.1, -0.05) is 6.92 Å². The molecule has 1 atom stereocenters. The van der Waals surface area contributed by atoms with Gasteiger partial charge in [0.25, 0.3) is 0 Å². The molecule has 0 aromatic heterocycles. The normalized spacial score (nSPS) is 12.8. The summed E-state index contributed by atoms with van der Waals surface area (Å²) in [6.45, 7) is 1.75. The van der Waals surface area contributed by atoms with Crippen LogP contribution in [0.3, 0.4) is 0 Å². The largest absolute Gasteiger partial charge is 0.379 e. The molecular weight excluding hydrogens is 257 g/mol. The molecule has 0 heterocycles. The molecule has 102 valence electrons. The van der Waals surface area contributed by atoms with Crippen LogP contribution in [-0.2, 0) is 4.74 Å². The van der Waals surface area contributed by atoms with Crippen molar-refractivity contribution in [3.8, 4) is 0 Å². The molecule has 1 rings (SSSR count). The Balaban J connectivity index is 3.08. The van der Waals surface area contributed by atoms with E-state index in [0.29, 0.717) is 6.42 Å². The predicted molar refractivity (Wildman–Crippen MR) is 54.3 cm³/mol. The van der Waals surface area contributed by atoms with E-state index < -0.39 is 40.7 Å². The molecule has 0 radical (unpaired) electrons. The van der Waals surface area contributed by atoms with Crippen molar-refractivity contribution < 1.29 is 26.7 Å². The van der Waals surface area contributed by atoms with Crippen LogP contribution in [0.4, 0.5) is 22.0 Å². The van der Waals surface area contributed by atoms with Crippen molar-refractivity contribution in [2.45, 2.75) is 19.4 Å². The van der Waals surface area contributed by atoms with E-state index in [1.165, 1.54) is 0 Å². The molecule has 1 aromatic rings. The third-order valence-electron chi connectivity index (χ3n) is 2.26. The Morgan fingerprint density at radius 3 is 1.83 bits per heavy atom. The van der Waals surface area contributed by atoms with E-state index in [1.807, 2.05) is 0 Å². The van der Waals surface area contributed by atoms with Crippen LogP contribution >= 0.6 is 0 Å². The molecule has 0 saturated carbocycles. The SMILES string of the molecule is CCCOCC(N)c1c(F)c(F)c(F)c(F)c1F. The lowest BCUT2D eigenvalue weighted by Gasteiger charge is -2.15. The van der Waals surface area contributed by atoms with Gasteiger partial charge in [-0.25, -0.2) is 22.0 Å². The monoisotopic (exact) mass is 269 g/mol. The number of nitrogens with two attached hydrogens (primary N) is 1. The zero-order chi connectivity index (χ0) is 13.9. The molecule has 0 aliphatic rings. The van der Waals surface area contributed by atoms with Crippen molar-refractivity contribution in [1.29, 1.82) is 0 Å². The van der Waals surface area contributed by atoms with Crippen molar-refractivity contribution in [2.75, 3.05) is 13.2 Å². The fraction of sp³-hybridized carbons (Fsp3) is 0.455. The molecule has 0 fully saturated rings. The Kier molecular flexibility index (Phi) is 5.03. The van der Waals surface area contributed by atoms with Crippen LogP contribution in [0.15, 0.2) is 0 Å². The Hall–Kier alpha value is -1.21. The molecule has 0 saturated heterocycles. The molecule has 2 nitrogen and oxygen atoms in total. The summed E-state index contributed by atoms with van der Waals surface area (Å²) in [6, 6.07) is -1.42. The van der Waals surface area contributed by atoms with Crippen LogP contribution in [0.5, 0.6) is 0 Å². The van der Waals surface area contributed by atoms with Gasteiger partial charge in [-0.2, -0.15) is 0 Å². The predicted octanol–water partition coefficient (Wildman–Crippen LogP) is 2.81. The van der Waals surface area contributed by atoms with Gasteiger partial charge in [-0.05, 0) is 6.42 Å². The summed E-state index contributed by atoms with van der Waals surface area (Å²) in [4.78, 5) is 0. The van der Waals surface area contributed by atoms with Crippen molar-refractivity contribution in [2.24, 2.45) is 5.73 Å². The highest BCUT2D eigenvalue weighted by atomic mass is 19.2. The molecular formula is C11H12F5NO. The van der Waals surface area contributed by atoms with Crippen LogP contribution in [0, 0.1) is 29.1 Å². The van der Waals surface area contributed by atoms with Gasteiger partial charge >= 0.3 is 0 Å². The second kappa shape index (κ2) is 6.10. The van der Waals surface area contributed by atoms with Crippen molar-refractivity contribution in [1.82, 2.24) is 0 Å². The van der Waals surface area contributed by atoms with Gasteiger partial charge in [-0.3, -0.25) is 0 Å². The van der Waals surface area contributed by atoms with Gasteiger partial charge in [0.1, 0.15) is 0 Å².